The van der Waals surface area contributed by atoms with E-state index in [1.54, 1.807) is 18.2 Å². The lowest BCUT2D eigenvalue weighted by Gasteiger charge is -2.04. The molecule has 3 nitrogen and oxygen atoms in total. The standard InChI is InChI=1S/C16H13ClN2O/c1-12(13-6-8-16(17)9-7-13)19-20-11-15-5-3-2-4-14(15)10-18/h2-9H,11H2,1H3. The molecule has 0 atom stereocenters. The van der Waals surface area contributed by atoms with Crippen molar-refractivity contribution in [2.24, 2.45) is 5.16 Å². The monoisotopic (exact) mass is 284 g/mol. The molecule has 0 unspecified atom stereocenters. The van der Waals surface area contributed by atoms with Crippen LogP contribution in [0.2, 0.25) is 5.02 Å². The molecule has 0 radical (unpaired) electrons. The summed E-state index contributed by atoms with van der Waals surface area (Å²) >= 11 is 5.83. The van der Waals surface area contributed by atoms with Crippen LogP contribution in [0.15, 0.2) is 53.7 Å². The van der Waals surface area contributed by atoms with Gasteiger partial charge in [0.2, 0.25) is 0 Å². The zero-order valence-electron chi connectivity index (χ0n) is 11.0. The molecule has 0 saturated heterocycles. The number of hydrogen-bond donors (Lipinski definition) is 0. The van der Waals surface area contributed by atoms with Gasteiger partial charge in [0, 0.05) is 10.6 Å². The first kappa shape index (κ1) is 14.1. The van der Waals surface area contributed by atoms with Crippen LogP contribution in [0, 0.1) is 11.3 Å². The summed E-state index contributed by atoms with van der Waals surface area (Å²) in [7, 11) is 0. The van der Waals surface area contributed by atoms with Crippen molar-refractivity contribution in [2.75, 3.05) is 0 Å². The summed E-state index contributed by atoms with van der Waals surface area (Å²) < 4.78 is 0. The van der Waals surface area contributed by atoms with Crippen LogP contribution in [0.25, 0.3) is 0 Å². The lowest BCUT2D eigenvalue weighted by Crippen LogP contribution is -1.97. The highest BCUT2D eigenvalue weighted by Gasteiger charge is 2.02. The third-order valence-corrected chi connectivity index (χ3v) is 3.07. The minimum atomic E-state index is 0.272. The van der Waals surface area contributed by atoms with E-state index in [1.807, 2.05) is 37.3 Å². The molecule has 0 bridgehead atoms. The number of nitriles is 1. The van der Waals surface area contributed by atoms with Crippen LogP contribution in [0.5, 0.6) is 0 Å². The predicted molar refractivity (Wildman–Crippen MR) is 79.6 cm³/mol. The Hall–Kier alpha value is -2.31. The smallest absolute Gasteiger partial charge is 0.143 e. The fourth-order valence-corrected chi connectivity index (χ4v) is 1.82. The van der Waals surface area contributed by atoms with Crippen LogP contribution in [0.3, 0.4) is 0 Å². The van der Waals surface area contributed by atoms with Crippen LogP contribution < -0.4 is 0 Å². The van der Waals surface area contributed by atoms with Gasteiger partial charge in [0.15, 0.2) is 0 Å². The van der Waals surface area contributed by atoms with E-state index in [0.717, 1.165) is 16.8 Å². The number of halogens is 1. The molecule has 0 spiro atoms. The van der Waals surface area contributed by atoms with Gasteiger partial charge < -0.3 is 4.84 Å². The summed E-state index contributed by atoms with van der Waals surface area (Å²) in [6, 6.07) is 16.8. The molecule has 0 aliphatic carbocycles. The van der Waals surface area contributed by atoms with Crippen molar-refractivity contribution in [1.82, 2.24) is 0 Å². The SMILES string of the molecule is CC(=NOCc1ccccc1C#N)c1ccc(Cl)cc1. The predicted octanol–water partition coefficient (Wildman–Crippen LogP) is 4.15. The normalized spacial score (nSPS) is 10.9. The number of benzene rings is 2. The fraction of sp³-hybridized carbons (Fsp3) is 0.125. The summed E-state index contributed by atoms with van der Waals surface area (Å²) in [6.07, 6.45) is 0. The Morgan fingerprint density at radius 2 is 1.90 bits per heavy atom. The molecular weight excluding hydrogens is 272 g/mol. The minimum Gasteiger partial charge on any atom is -0.391 e. The first-order chi connectivity index (χ1) is 9.70. The second-order valence-electron chi connectivity index (χ2n) is 4.23. The second-order valence-corrected chi connectivity index (χ2v) is 4.66. The van der Waals surface area contributed by atoms with E-state index in [4.69, 9.17) is 21.7 Å². The average Bonchev–Trinajstić information content (AvgIpc) is 2.48. The summed E-state index contributed by atoms with van der Waals surface area (Å²) in [5.74, 6) is 0. The van der Waals surface area contributed by atoms with Gasteiger partial charge in [-0.3, -0.25) is 0 Å². The lowest BCUT2D eigenvalue weighted by atomic mass is 10.1. The molecule has 0 aromatic heterocycles. The molecule has 2 aromatic carbocycles. The summed E-state index contributed by atoms with van der Waals surface area (Å²) in [6.45, 7) is 2.13. The number of rotatable bonds is 4. The maximum Gasteiger partial charge on any atom is 0.143 e. The van der Waals surface area contributed by atoms with Gasteiger partial charge >= 0.3 is 0 Å². The summed E-state index contributed by atoms with van der Waals surface area (Å²) in [4.78, 5) is 5.31. The van der Waals surface area contributed by atoms with Gasteiger partial charge in [0.25, 0.3) is 0 Å². The Bertz CT molecular complexity index is 657. The molecule has 100 valence electrons. The molecule has 0 fully saturated rings. The second kappa shape index (κ2) is 6.74. The third kappa shape index (κ3) is 3.59. The van der Waals surface area contributed by atoms with E-state index < -0.39 is 0 Å². The van der Waals surface area contributed by atoms with Crippen LogP contribution in [-0.2, 0) is 11.4 Å². The highest BCUT2D eigenvalue weighted by atomic mass is 35.5. The molecule has 20 heavy (non-hydrogen) atoms. The largest absolute Gasteiger partial charge is 0.391 e. The Balaban J connectivity index is 2.03. The minimum absolute atomic E-state index is 0.272. The molecule has 0 heterocycles. The summed E-state index contributed by atoms with van der Waals surface area (Å²) in [5.41, 5.74) is 3.13. The van der Waals surface area contributed by atoms with Gasteiger partial charge in [-0.15, -0.1) is 0 Å². The van der Waals surface area contributed by atoms with Gasteiger partial charge in [-0.25, -0.2) is 0 Å². The van der Waals surface area contributed by atoms with E-state index in [-0.39, 0.29) is 6.61 Å². The molecular formula is C16H13ClN2O. The van der Waals surface area contributed by atoms with Crippen molar-refractivity contribution in [3.63, 3.8) is 0 Å². The van der Waals surface area contributed by atoms with E-state index in [1.165, 1.54) is 0 Å². The summed E-state index contributed by atoms with van der Waals surface area (Å²) in [5, 5.41) is 13.7. The molecule has 0 amide bonds. The first-order valence-electron chi connectivity index (χ1n) is 6.11. The van der Waals surface area contributed by atoms with E-state index in [9.17, 15) is 0 Å². The van der Waals surface area contributed by atoms with E-state index in [0.29, 0.717) is 10.6 Å². The number of nitrogens with zero attached hydrogens (tertiary/aromatic N) is 2. The zero-order valence-corrected chi connectivity index (χ0v) is 11.8. The highest BCUT2D eigenvalue weighted by molar-refractivity contribution is 6.30. The van der Waals surface area contributed by atoms with Crippen LogP contribution in [0.4, 0.5) is 0 Å². The Kier molecular flexibility index (Phi) is 4.75. The van der Waals surface area contributed by atoms with Crippen molar-refractivity contribution < 1.29 is 4.84 Å². The van der Waals surface area contributed by atoms with Gasteiger partial charge in [-0.2, -0.15) is 5.26 Å². The number of oxime groups is 1. The average molecular weight is 285 g/mol. The maximum absolute atomic E-state index is 8.98. The van der Waals surface area contributed by atoms with Crippen molar-refractivity contribution >= 4 is 17.3 Å². The van der Waals surface area contributed by atoms with E-state index in [2.05, 4.69) is 11.2 Å². The third-order valence-electron chi connectivity index (χ3n) is 2.82. The lowest BCUT2D eigenvalue weighted by molar-refractivity contribution is 0.130. The highest BCUT2D eigenvalue weighted by Crippen LogP contribution is 2.12. The molecule has 2 aromatic rings. The van der Waals surface area contributed by atoms with Gasteiger partial charge in [0.05, 0.1) is 17.3 Å². The molecule has 2 rings (SSSR count). The van der Waals surface area contributed by atoms with E-state index >= 15 is 0 Å². The topological polar surface area (TPSA) is 45.4 Å². The quantitative estimate of drug-likeness (QED) is 0.625. The zero-order chi connectivity index (χ0) is 14.4. The Morgan fingerprint density at radius 3 is 2.60 bits per heavy atom. The van der Waals surface area contributed by atoms with Crippen molar-refractivity contribution in [3.8, 4) is 6.07 Å². The first-order valence-corrected chi connectivity index (χ1v) is 6.49. The van der Waals surface area contributed by atoms with Crippen LogP contribution in [-0.4, -0.2) is 5.71 Å². The molecule has 0 aliphatic rings. The molecule has 0 aliphatic heterocycles. The molecule has 0 N–H and O–H groups in total. The fourth-order valence-electron chi connectivity index (χ4n) is 1.70. The van der Waals surface area contributed by atoms with Crippen LogP contribution in [0.1, 0.15) is 23.6 Å². The van der Waals surface area contributed by atoms with Gasteiger partial charge in [-0.05, 0) is 30.7 Å². The Labute approximate surface area is 123 Å². The maximum atomic E-state index is 8.98. The van der Waals surface area contributed by atoms with Crippen molar-refractivity contribution in [1.29, 1.82) is 5.26 Å². The van der Waals surface area contributed by atoms with Crippen molar-refractivity contribution in [2.45, 2.75) is 13.5 Å². The van der Waals surface area contributed by atoms with Gasteiger partial charge in [-0.1, -0.05) is 47.1 Å². The Morgan fingerprint density at radius 1 is 1.20 bits per heavy atom. The van der Waals surface area contributed by atoms with Crippen LogP contribution >= 0.6 is 11.6 Å². The van der Waals surface area contributed by atoms with Gasteiger partial charge in [0.1, 0.15) is 6.61 Å². The molecule has 4 heteroatoms. The molecule has 0 saturated carbocycles. The number of hydrogen-bond acceptors (Lipinski definition) is 3. The van der Waals surface area contributed by atoms with Crippen molar-refractivity contribution in [3.05, 3.63) is 70.2 Å².